The van der Waals surface area contributed by atoms with Crippen LogP contribution in [0.5, 0.6) is 0 Å². The Morgan fingerprint density at radius 1 is 0.688 bits per heavy atom. The van der Waals surface area contributed by atoms with E-state index in [-0.39, 0.29) is 0 Å². The molecule has 1 atom stereocenters. The molecule has 2 aliphatic heterocycles. The van der Waals surface area contributed by atoms with Gasteiger partial charge in [-0.25, -0.2) is 0 Å². The molecule has 152 valence electrons. The van der Waals surface area contributed by atoms with Crippen LogP contribution in [0, 0.1) is 0 Å². The fourth-order valence-electron chi connectivity index (χ4n) is 4.58. The number of allylic oxidation sites excluding steroid dienone is 1. The Morgan fingerprint density at radius 3 is 2.09 bits per heavy atom. The second-order valence-electron chi connectivity index (χ2n) is 8.14. The Balaban J connectivity index is 1.48. The average Bonchev–Trinajstić information content (AvgIpc) is 3.40. The quantitative estimate of drug-likeness (QED) is 0.277. The molecule has 4 aromatic rings. The van der Waals surface area contributed by atoms with Gasteiger partial charge >= 0.3 is 5.71 Å². The van der Waals surface area contributed by atoms with Crippen LogP contribution in [0.2, 0.25) is 0 Å². The van der Waals surface area contributed by atoms with Gasteiger partial charge in [0, 0.05) is 28.4 Å². The average molecular weight is 431 g/mol. The van der Waals surface area contributed by atoms with Gasteiger partial charge in [0.15, 0.2) is 12.8 Å². The second kappa shape index (κ2) is 7.14. The van der Waals surface area contributed by atoms with E-state index >= 15 is 0 Å². The standard InChI is InChI=1S/C28H20N2OP/c1-19-17-26(30-29-19)21-13-11-20(12-14-21)22-15-16-25-24-9-5-6-10-27(24)32(31,28(25)18-22)23-7-3-2-4-8-23/h2-18H,1H3/q+1. The van der Waals surface area contributed by atoms with Crippen LogP contribution in [-0.4, -0.2) is 10.5 Å². The summed E-state index contributed by atoms with van der Waals surface area (Å²) in [5.74, 6) is 0. The highest BCUT2D eigenvalue weighted by Gasteiger charge is 2.40. The summed E-state index contributed by atoms with van der Waals surface area (Å²) in [5.41, 5.74) is 7.12. The SMILES string of the molecule is CC1=[N+]=NC(c2ccc(-c3ccc4c(c3)P(=O)(c3ccccc3)c3ccccc3-4)cc2)=C1. The van der Waals surface area contributed by atoms with E-state index in [0.29, 0.717) is 0 Å². The number of rotatable bonds is 3. The molecule has 6 rings (SSSR count). The molecule has 0 aliphatic carbocycles. The van der Waals surface area contributed by atoms with Gasteiger partial charge < -0.3 is 4.57 Å². The lowest BCUT2D eigenvalue weighted by atomic mass is 9.99. The Morgan fingerprint density at radius 2 is 1.34 bits per heavy atom. The summed E-state index contributed by atoms with van der Waals surface area (Å²) in [6, 6.07) is 32.6. The molecule has 0 spiro atoms. The van der Waals surface area contributed by atoms with Crippen LogP contribution in [0.15, 0.2) is 108 Å². The molecular formula is C28H20N2OP+. The number of hydrogen-bond donors (Lipinski definition) is 0. The third kappa shape index (κ3) is 2.80. The van der Waals surface area contributed by atoms with Gasteiger partial charge in [-0.3, -0.25) is 0 Å². The van der Waals surface area contributed by atoms with Gasteiger partial charge in [0.2, 0.25) is 0 Å². The maximum atomic E-state index is 14.7. The zero-order valence-electron chi connectivity index (χ0n) is 17.6. The van der Waals surface area contributed by atoms with Crippen molar-refractivity contribution in [2.45, 2.75) is 6.92 Å². The van der Waals surface area contributed by atoms with E-state index in [9.17, 15) is 4.57 Å². The number of benzene rings is 4. The van der Waals surface area contributed by atoms with Gasteiger partial charge in [0.05, 0.1) is 10.9 Å². The predicted molar refractivity (Wildman–Crippen MR) is 132 cm³/mol. The van der Waals surface area contributed by atoms with E-state index in [4.69, 9.17) is 0 Å². The van der Waals surface area contributed by atoms with Crippen LogP contribution in [0.1, 0.15) is 12.5 Å². The molecule has 0 radical (unpaired) electrons. The van der Waals surface area contributed by atoms with E-state index in [2.05, 4.69) is 58.4 Å². The normalized spacial score (nSPS) is 18.2. The lowest BCUT2D eigenvalue weighted by Gasteiger charge is -2.16. The fourth-order valence-corrected chi connectivity index (χ4v) is 7.68. The zero-order valence-corrected chi connectivity index (χ0v) is 18.5. The van der Waals surface area contributed by atoms with Crippen molar-refractivity contribution < 1.29 is 9.35 Å². The highest BCUT2D eigenvalue weighted by atomic mass is 31.2. The molecule has 0 fully saturated rings. The van der Waals surface area contributed by atoms with Gasteiger partial charge in [0.1, 0.15) is 5.11 Å². The summed E-state index contributed by atoms with van der Waals surface area (Å²) in [7, 11) is -2.92. The third-order valence-electron chi connectivity index (χ3n) is 6.17. The van der Waals surface area contributed by atoms with Crippen molar-refractivity contribution in [2.24, 2.45) is 5.11 Å². The summed E-state index contributed by atoms with van der Waals surface area (Å²) in [6.07, 6.45) is 1.98. The number of nitrogens with zero attached hydrogens (tertiary/aromatic N) is 2. The maximum Gasteiger partial charge on any atom is 0.341 e. The molecule has 32 heavy (non-hydrogen) atoms. The number of fused-ring (bicyclic) bond motifs is 3. The molecular weight excluding hydrogens is 411 g/mol. The molecule has 4 heteroatoms. The van der Waals surface area contributed by atoms with Crippen LogP contribution in [0.3, 0.4) is 0 Å². The molecule has 2 heterocycles. The largest absolute Gasteiger partial charge is 0.341 e. The Bertz CT molecular complexity index is 1530. The van der Waals surface area contributed by atoms with Crippen LogP contribution < -0.4 is 15.9 Å². The van der Waals surface area contributed by atoms with Crippen molar-refractivity contribution in [3.05, 3.63) is 109 Å². The monoisotopic (exact) mass is 431 g/mol. The van der Waals surface area contributed by atoms with E-state index < -0.39 is 7.14 Å². The first-order valence-electron chi connectivity index (χ1n) is 10.6. The molecule has 4 aromatic carbocycles. The molecule has 0 saturated heterocycles. The minimum Gasteiger partial charge on any atom is -0.309 e. The van der Waals surface area contributed by atoms with Crippen LogP contribution in [0.4, 0.5) is 0 Å². The van der Waals surface area contributed by atoms with Crippen molar-refractivity contribution in [3.8, 4) is 22.3 Å². The van der Waals surface area contributed by atoms with Gasteiger partial charge in [-0.15, -0.1) is 0 Å². The topological polar surface area (TPSA) is 43.5 Å². The van der Waals surface area contributed by atoms with Crippen molar-refractivity contribution in [1.29, 1.82) is 0 Å². The second-order valence-corrected chi connectivity index (χ2v) is 10.8. The highest BCUT2D eigenvalue weighted by molar-refractivity contribution is 7.86. The van der Waals surface area contributed by atoms with Crippen molar-refractivity contribution in [2.75, 3.05) is 0 Å². The summed E-state index contributed by atoms with van der Waals surface area (Å²) in [4.78, 5) is 4.10. The van der Waals surface area contributed by atoms with E-state index in [1.54, 1.807) is 0 Å². The molecule has 0 N–H and O–H groups in total. The summed E-state index contributed by atoms with van der Waals surface area (Å²) in [6.45, 7) is 1.94. The molecule has 0 saturated carbocycles. The molecule has 1 unspecified atom stereocenters. The summed E-state index contributed by atoms with van der Waals surface area (Å²) >= 11 is 0. The Hall–Kier alpha value is -3.77. The highest BCUT2D eigenvalue weighted by Crippen LogP contribution is 2.52. The van der Waals surface area contributed by atoms with Crippen molar-refractivity contribution in [3.63, 3.8) is 0 Å². The molecule has 3 nitrogen and oxygen atoms in total. The molecule has 2 aliphatic rings. The van der Waals surface area contributed by atoms with E-state index in [1.165, 1.54) is 0 Å². The minimum atomic E-state index is -2.92. The van der Waals surface area contributed by atoms with Gasteiger partial charge in [-0.2, -0.15) is 0 Å². The lowest BCUT2D eigenvalue weighted by Crippen LogP contribution is -2.20. The molecule has 0 aromatic heterocycles. The van der Waals surface area contributed by atoms with Crippen molar-refractivity contribution in [1.82, 2.24) is 0 Å². The maximum absolute atomic E-state index is 14.7. The summed E-state index contributed by atoms with van der Waals surface area (Å²) < 4.78 is 14.7. The van der Waals surface area contributed by atoms with Gasteiger partial charge in [-0.1, -0.05) is 91.0 Å². The number of hydrogen-bond acceptors (Lipinski definition) is 2. The molecule has 0 amide bonds. The predicted octanol–water partition coefficient (Wildman–Crippen LogP) is 5.45. The Labute approximate surface area is 186 Å². The van der Waals surface area contributed by atoms with Crippen LogP contribution in [-0.2, 0) is 4.57 Å². The minimum absolute atomic E-state index is 0.879. The van der Waals surface area contributed by atoms with E-state index in [0.717, 1.165) is 55.1 Å². The van der Waals surface area contributed by atoms with Gasteiger partial charge in [-0.05, 0) is 28.3 Å². The van der Waals surface area contributed by atoms with Crippen LogP contribution in [0.25, 0.3) is 28.0 Å². The summed E-state index contributed by atoms with van der Waals surface area (Å²) in [5, 5.41) is 6.95. The van der Waals surface area contributed by atoms with Crippen LogP contribution >= 0.6 is 7.14 Å². The lowest BCUT2D eigenvalue weighted by molar-refractivity contribution is -0.0707. The first-order chi connectivity index (χ1) is 15.6. The third-order valence-corrected chi connectivity index (χ3v) is 9.31. The molecule has 0 bridgehead atoms. The van der Waals surface area contributed by atoms with Gasteiger partial charge in [0.25, 0.3) is 0 Å². The first-order valence-corrected chi connectivity index (χ1v) is 12.3. The van der Waals surface area contributed by atoms with Crippen molar-refractivity contribution >= 4 is 34.5 Å². The smallest absolute Gasteiger partial charge is 0.309 e. The van der Waals surface area contributed by atoms with E-state index in [1.807, 2.05) is 61.5 Å². The fraction of sp³-hybridized carbons (Fsp3) is 0.0357. The first kappa shape index (κ1) is 19.0. The zero-order chi connectivity index (χ0) is 21.7. The Kier molecular flexibility index (Phi) is 4.23.